The van der Waals surface area contributed by atoms with Crippen LogP contribution in [0.2, 0.25) is 0 Å². The molecule has 2 heterocycles. The van der Waals surface area contributed by atoms with Gasteiger partial charge in [0.1, 0.15) is 22.7 Å². The smallest absolute Gasteiger partial charge is 0.333 e. The number of methoxy groups -OCH3 is 2. The molecule has 3 rings (SSSR count). The molecule has 0 aliphatic carbocycles. The highest BCUT2D eigenvalue weighted by Gasteiger charge is 2.26. The van der Waals surface area contributed by atoms with Gasteiger partial charge < -0.3 is 19.1 Å². The van der Waals surface area contributed by atoms with Crippen molar-refractivity contribution in [3.05, 3.63) is 43.3 Å². The molecule has 0 saturated carbocycles. The van der Waals surface area contributed by atoms with E-state index in [0.29, 0.717) is 51.2 Å². The third-order valence-electron chi connectivity index (χ3n) is 5.65. The van der Waals surface area contributed by atoms with Gasteiger partial charge in [-0.15, -0.1) is 11.3 Å². The minimum atomic E-state index is -0.556. The molecule has 0 N–H and O–H groups in total. The largest absolute Gasteiger partial charge is 0.497 e. The molecule has 184 valence electrons. The maximum absolute atomic E-state index is 13.3. The first-order valence-electron chi connectivity index (χ1n) is 11.3. The standard InChI is InChI=1S/C25H32N2O6S/c1-6-33-24(29)12-23-27(15-22(28)26-13-16(2)7-17(3)14-26)25(30)21(34-23)10-18-8-19(31-4)11-20(9-18)32-5/h8-12,16-17H,6-7,13-15H2,1-5H3/b21-10+,23-12-/t16-,17-/m1/s1. The summed E-state index contributed by atoms with van der Waals surface area (Å²) in [6.07, 6.45) is 4.05. The van der Waals surface area contributed by atoms with Crippen LogP contribution in [0.25, 0.3) is 12.2 Å². The summed E-state index contributed by atoms with van der Waals surface area (Å²) in [6.45, 7) is 7.39. The molecule has 0 unspecified atom stereocenters. The molecule has 2 atom stereocenters. The van der Waals surface area contributed by atoms with Crippen molar-refractivity contribution in [1.82, 2.24) is 9.47 Å². The number of amides is 1. The number of likely N-dealkylation sites (tertiary alicyclic amines) is 1. The van der Waals surface area contributed by atoms with Crippen LogP contribution in [0.3, 0.4) is 0 Å². The maximum Gasteiger partial charge on any atom is 0.333 e. The Hall–Kier alpha value is -3.07. The van der Waals surface area contributed by atoms with Crippen molar-refractivity contribution in [2.45, 2.75) is 33.7 Å². The molecule has 1 aromatic carbocycles. The van der Waals surface area contributed by atoms with Crippen LogP contribution >= 0.6 is 11.3 Å². The van der Waals surface area contributed by atoms with E-state index in [2.05, 4.69) is 13.8 Å². The molecule has 1 saturated heterocycles. The minimum absolute atomic E-state index is 0.130. The predicted molar refractivity (Wildman–Crippen MR) is 132 cm³/mol. The molecule has 1 fully saturated rings. The molecule has 0 radical (unpaired) electrons. The Bertz CT molecular complexity index is 1180. The number of nitrogens with zero attached hydrogens (tertiary/aromatic N) is 2. The minimum Gasteiger partial charge on any atom is -0.497 e. The molecular formula is C25H32N2O6S. The van der Waals surface area contributed by atoms with Crippen molar-refractivity contribution >= 4 is 35.4 Å². The lowest BCUT2D eigenvalue weighted by molar-refractivity contribution is -0.136. The Morgan fingerprint density at radius 1 is 1.09 bits per heavy atom. The molecule has 2 aromatic rings. The van der Waals surface area contributed by atoms with Crippen molar-refractivity contribution in [3.63, 3.8) is 0 Å². The number of thiazole rings is 1. The van der Waals surface area contributed by atoms with Crippen LogP contribution < -0.4 is 24.2 Å². The molecule has 1 aliphatic rings. The van der Waals surface area contributed by atoms with Gasteiger partial charge in [0.05, 0.1) is 31.4 Å². The Morgan fingerprint density at radius 2 is 1.71 bits per heavy atom. The van der Waals surface area contributed by atoms with Crippen LogP contribution in [0, 0.1) is 11.8 Å². The fourth-order valence-corrected chi connectivity index (χ4v) is 5.27. The predicted octanol–water partition coefficient (Wildman–Crippen LogP) is 1.60. The van der Waals surface area contributed by atoms with Gasteiger partial charge in [0, 0.05) is 19.2 Å². The molecule has 1 aromatic heterocycles. The number of hydrogen-bond acceptors (Lipinski definition) is 7. The van der Waals surface area contributed by atoms with Gasteiger partial charge in [0.15, 0.2) is 0 Å². The third kappa shape index (κ3) is 6.28. The van der Waals surface area contributed by atoms with Gasteiger partial charge >= 0.3 is 5.97 Å². The zero-order chi connectivity index (χ0) is 24.8. The van der Waals surface area contributed by atoms with Crippen LogP contribution in [-0.4, -0.2) is 55.3 Å². The Labute approximate surface area is 203 Å². The van der Waals surface area contributed by atoms with E-state index in [1.54, 1.807) is 45.4 Å². The topological polar surface area (TPSA) is 87.1 Å². The van der Waals surface area contributed by atoms with E-state index >= 15 is 0 Å². The number of rotatable bonds is 7. The summed E-state index contributed by atoms with van der Waals surface area (Å²) < 4.78 is 17.8. The second-order valence-electron chi connectivity index (χ2n) is 8.63. The highest BCUT2D eigenvalue weighted by atomic mass is 32.1. The van der Waals surface area contributed by atoms with E-state index in [-0.39, 0.29) is 24.6 Å². The lowest BCUT2D eigenvalue weighted by Gasteiger charge is -2.35. The van der Waals surface area contributed by atoms with Gasteiger partial charge in [0.2, 0.25) is 5.91 Å². The Morgan fingerprint density at radius 3 is 2.26 bits per heavy atom. The van der Waals surface area contributed by atoms with Crippen molar-refractivity contribution in [3.8, 4) is 11.5 Å². The summed E-state index contributed by atoms with van der Waals surface area (Å²) in [5.74, 6) is 1.30. The number of piperidine rings is 1. The lowest BCUT2D eigenvalue weighted by Crippen LogP contribution is -2.46. The molecule has 34 heavy (non-hydrogen) atoms. The Balaban J connectivity index is 2.05. The van der Waals surface area contributed by atoms with E-state index < -0.39 is 5.97 Å². The quantitative estimate of drug-likeness (QED) is 0.551. The number of carbonyl (C=O) groups is 2. The summed E-state index contributed by atoms with van der Waals surface area (Å²) in [5.41, 5.74) is 0.364. The number of ether oxygens (including phenoxy) is 3. The van der Waals surface area contributed by atoms with Gasteiger partial charge in [-0.3, -0.25) is 14.2 Å². The molecule has 1 amide bonds. The summed E-state index contributed by atoms with van der Waals surface area (Å²) in [7, 11) is 3.11. The number of carbonyl (C=O) groups excluding carboxylic acids is 2. The first-order valence-corrected chi connectivity index (χ1v) is 12.2. The fraction of sp³-hybridized carbons (Fsp3) is 0.480. The second-order valence-corrected chi connectivity index (χ2v) is 9.69. The van der Waals surface area contributed by atoms with Crippen LogP contribution in [0.5, 0.6) is 11.5 Å². The van der Waals surface area contributed by atoms with Gasteiger partial charge in [-0.05, 0) is 49.0 Å². The second kappa shape index (κ2) is 11.4. The zero-order valence-corrected chi connectivity index (χ0v) is 21.1. The van der Waals surface area contributed by atoms with Crippen molar-refractivity contribution in [2.24, 2.45) is 11.8 Å². The van der Waals surface area contributed by atoms with Crippen LogP contribution in [0.15, 0.2) is 23.0 Å². The number of aromatic nitrogens is 1. The molecule has 8 nitrogen and oxygen atoms in total. The highest BCUT2D eigenvalue weighted by molar-refractivity contribution is 7.07. The third-order valence-corrected chi connectivity index (χ3v) is 6.71. The van der Waals surface area contributed by atoms with Gasteiger partial charge in [-0.25, -0.2) is 4.79 Å². The van der Waals surface area contributed by atoms with E-state index in [0.717, 1.165) is 17.8 Å². The molecule has 1 aliphatic heterocycles. The first-order chi connectivity index (χ1) is 16.2. The molecule has 0 bridgehead atoms. The number of hydrogen-bond donors (Lipinski definition) is 0. The SMILES string of the molecule is CCOC(=O)/C=c1\s/c(=C/c2cc(OC)cc(OC)c2)c(=O)n1CC(=O)N1C[C@H](C)C[C@@H](C)C1. The van der Waals surface area contributed by atoms with Crippen LogP contribution in [-0.2, 0) is 20.9 Å². The summed E-state index contributed by atoms with van der Waals surface area (Å²) >= 11 is 1.14. The van der Waals surface area contributed by atoms with Gasteiger partial charge in [-0.2, -0.15) is 0 Å². The Kier molecular flexibility index (Phi) is 8.55. The zero-order valence-electron chi connectivity index (χ0n) is 20.3. The number of benzene rings is 1. The normalized spacial score (nSPS) is 19.3. The monoisotopic (exact) mass is 488 g/mol. The van der Waals surface area contributed by atoms with E-state index in [9.17, 15) is 14.4 Å². The average molecular weight is 489 g/mol. The van der Waals surface area contributed by atoms with Gasteiger partial charge in [0.25, 0.3) is 5.56 Å². The van der Waals surface area contributed by atoms with Gasteiger partial charge in [-0.1, -0.05) is 13.8 Å². The first kappa shape index (κ1) is 25.6. The molecular weight excluding hydrogens is 456 g/mol. The van der Waals surface area contributed by atoms with E-state index in [4.69, 9.17) is 14.2 Å². The molecule has 9 heteroatoms. The number of esters is 1. The van der Waals surface area contributed by atoms with Crippen molar-refractivity contribution in [1.29, 1.82) is 0 Å². The van der Waals surface area contributed by atoms with Crippen LogP contribution in [0.1, 0.15) is 32.8 Å². The van der Waals surface area contributed by atoms with E-state index in [1.807, 2.05) is 4.90 Å². The highest BCUT2D eigenvalue weighted by Crippen LogP contribution is 2.23. The molecule has 0 spiro atoms. The summed E-state index contributed by atoms with van der Waals surface area (Å²) in [4.78, 5) is 40.4. The average Bonchev–Trinajstić information content (AvgIpc) is 3.06. The van der Waals surface area contributed by atoms with E-state index in [1.165, 1.54) is 10.6 Å². The van der Waals surface area contributed by atoms with Crippen LogP contribution in [0.4, 0.5) is 0 Å². The van der Waals surface area contributed by atoms with Crippen molar-refractivity contribution in [2.75, 3.05) is 33.9 Å². The maximum atomic E-state index is 13.3. The summed E-state index contributed by atoms with van der Waals surface area (Å²) in [6, 6.07) is 5.30. The summed E-state index contributed by atoms with van der Waals surface area (Å²) in [5, 5.41) is 0. The van der Waals surface area contributed by atoms with Crippen molar-refractivity contribution < 1.29 is 23.8 Å². The fourth-order valence-electron chi connectivity index (χ4n) is 4.24. The lowest BCUT2D eigenvalue weighted by atomic mass is 9.92.